The number of piperazine rings is 1. The number of aliphatic hydroxyl groups excluding tert-OH is 1. The number of carbonyl (C=O) groups is 1. The number of likely N-dealkylation sites (N-methyl/N-ethyl adjacent to an activating group) is 1. The van der Waals surface area contributed by atoms with E-state index in [1.807, 2.05) is 6.92 Å². The van der Waals surface area contributed by atoms with E-state index in [1.165, 1.54) is 6.07 Å². The van der Waals surface area contributed by atoms with Gasteiger partial charge in [0.2, 0.25) is 0 Å². The van der Waals surface area contributed by atoms with Crippen LogP contribution in [0.5, 0.6) is 0 Å². The van der Waals surface area contributed by atoms with Crippen LogP contribution in [0, 0.1) is 10.1 Å². The number of amides is 1. The van der Waals surface area contributed by atoms with Crippen LogP contribution < -0.4 is 4.90 Å². The molecule has 0 atom stereocenters. The van der Waals surface area contributed by atoms with Gasteiger partial charge in [0.25, 0.3) is 11.6 Å². The zero-order valence-electron chi connectivity index (χ0n) is 17.1. The third-order valence-electron chi connectivity index (χ3n) is 5.08. The number of nitrogens with zero attached hydrogens (tertiary/aromatic N) is 4. The predicted molar refractivity (Wildman–Crippen MR) is 117 cm³/mol. The lowest BCUT2D eigenvalue weighted by molar-refractivity contribution is -0.385. The quantitative estimate of drug-likeness (QED) is 0.298. The molecule has 0 radical (unpaired) electrons. The Labute approximate surface area is 184 Å². The van der Waals surface area contributed by atoms with Gasteiger partial charge in [-0.05, 0) is 12.6 Å². The first-order valence-electron chi connectivity index (χ1n) is 9.59. The van der Waals surface area contributed by atoms with E-state index in [2.05, 4.69) is 20.8 Å². The van der Waals surface area contributed by atoms with E-state index in [-0.39, 0.29) is 29.3 Å². The minimum atomic E-state index is -3.82. The number of benzene rings is 1. The van der Waals surface area contributed by atoms with Crippen molar-refractivity contribution < 1.29 is 23.2 Å². The van der Waals surface area contributed by atoms with Crippen molar-refractivity contribution in [3.05, 3.63) is 27.8 Å². The summed E-state index contributed by atoms with van der Waals surface area (Å²) in [5.74, 6) is -0.499. The first-order valence-corrected chi connectivity index (χ1v) is 12.6. The highest BCUT2D eigenvalue weighted by Crippen LogP contribution is 2.34. The Morgan fingerprint density at radius 1 is 1.27 bits per heavy atom. The standard InChI is InChI=1S/C18H27BrN4O6S/c1-3-20-6-8-22(9-7-20)18(25)14-12-16(21(5-4-19)10-11-24)17(30(2,28)29)13-15(14)23(26)27/h12-13,24H,3-11H2,1-2H3. The number of anilines is 1. The number of nitro benzene ring substituents is 1. The molecule has 1 amide bonds. The van der Waals surface area contributed by atoms with Gasteiger partial charge in [0.1, 0.15) is 5.56 Å². The topological polar surface area (TPSA) is 124 Å². The van der Waals surface area contributed by atoms with Gasteiger partial charge in [-0.25, -0.2) is 8.42 Å². The molecule has 10 nitrogen and oxygen atoms in total. The van der Waals surface area contributed by atoms with Gasteiger partial charge in [-0.2, -0.15) is 0 Å². The van der Waals surface area contributed by atoms with Crippen LogP contribution in [0.1, 0.15) is 17.3 Å². The fraction of sp³-hybridized carbons (Fsp3) is 0.611. The molecule has 1 aliphatic rings. The molecule has 1 aromatic rings. The highest BCUT2D eigenvalue weighted by molar-refractivity contribution is 9.09. The Bertz CT molecular complexity index is 881. The molecule has 12 heteroatoms. The second-order valence-electron chi connectivity index (χ2n) is 6.99. The highest BCUT2D eigenvalue weighted by atomic mass is 79.9. The molecule has 168 valence electrons. The molecule has 1 saturated heterocycles. The van der Waals surface area contributed by atoms with Crippen LogP contribution >= 0.6 is 15.9 Å². The van der Waals surface area contributed by atoms with Gasteiger partial charge in [0.15, 0.2) is 9.84 Å². The van der Waals surface area contributed by atoms with E-state index >= 15 is 0 Å². The van der Waals surface area contributed by atoms with Crippen molar-refractivity contribution in [2.75, 3.05) is 68.9 Å². The van der Waals surface area contributed by atoms with E-state index in [4.69, 9.17) is 0 Å². The molecule has 1 N–H and O–H groups in total. The first-order chi connectivity index (χ1) is 14.1. The summed E-state index contributed by atoms with van der Waals surface area (Å²) in [6.45, 7) is 5.34. The van der Waals surface area contributed by atoms with Crippen LogP contribution in [0.2, 0.25) is 0 Å². The van der Waals surface area contributed by atoms with Crippen molar-refractivity contribution in [3.63, 3.8) is 0 Å². The van der Waals surface area contributed by atoms with Gasteiger partial charge >= 0.3 is 0 Å². The van der Waals surface area contributed by atoms with E-state index in [0.717, 1.165) is 18.9 Å². The smallest absolute Gasteiger partial charge is 0.283 e. The summed E-state index contributed by atoms with van der Waals surface area (Å²) in [6.07, 6.45) is 0.965. The molecule has 1 aromatic carbocycles. The zero-order valence-corrected chi connectivity index (χ0v) is 19.5. The number of sulfone groups is 1. The highest BCUT2D eigenvalue weighted by Gasteiger charge is 2.32. The molecular weight excluding hydrogens is 480 g/mol. The lowest BCUT2D eigenvalue weighted by Crippen LogP contribution is -2.48. The Morgan fingerprint density at radius 2 is 1.90 bits per heavy atom. The summed E-state index contributed by atoms with van der Waals surface area (Å²) in [4.78, 5) is 29.2. The van der Waals surface area contributed by atoms with E-state index in [9.17, 15) is 28.4 Å². The van der Waals surface area contributed by atoms with Gasteiger partial charge in [-0.15, -0.1) is 0 Å². The van der Waals surface area contributed by atoms with Gasteiger partial charge in [0, 0.05) is 56.9 Å². The molecule has 0 spiro atoms. The number of rotatable bonds is 9. The normalized spacial score (nSPS) is 15.3. The van der Waals surface area contributed by atoms with Crippen LogP contribution in [0.3, 0.4) is 0 Å². The maximum atomic E-state index is 13.1. The lowest BCUT2D eigenvalue weighted by Gasteiger charge is -2.34. The summed E-state index contributed by atoms with van der Waals surface area (Å²) in [7, 11) is -3.82. The number of nitro groups is 1. The van der Waals surface area contributed by atoms with Crippen molar-refractivity contribution in [3.8, 4) is 0 Å². The van der Waals surface area contributed by atoms with Gasteiger partial charge < -0.3 is 19.8 Å². The Balaban J connectivity index is 2.59. The number of hydrogen-bond acceptors (Lipinski definition) is 8. The lowest BCUT2D eigenvalue weighted by atomic mass is 10.1. The minimum absolute atomic E-state index is 0.120. The molecular formula is C18H27BrN4O6S. The predicted octanol–water partition coefficient (Wildman–Crippen LogP) is 0.970. The van der Waals surface area contributed by atoms with E-state index < -0.39 is 26.4 Å². The number of hydrogen-bond donors (Lipinski definition) is 1. The summed E-state index contributed by atoms with van der Waals surface area (Å²) in [5.41, 5.74) is -0.512. The molecule has 2 rings (SSSR count). The van der Waals surface area contributed by atoms with Crippen LogP contribution in [0.25, 0.3) is 0 Å². The van der Waals surface area contributed by atoms with E-state index in [1.54, 1.807) is 9.80 Å². The molecule has 1 heterocycles. The molecule has 1 aliphatic heterocycles. The molecule has 30 heavy (non-hydrogen) atoms. The summed E-state index contributed by atoms with van der Waals surface area (Å²) in [6, 6.07) is 2.24. The molecule has 1 fully saturated rings. The van der Waals surface area contributed by atoms with Crippen LogP contribution in [0.15, 0.2) is 17.0 Å². The minimum Gasteiger partial charge on any atom is -0.395 e. The summed E-state index contributed by atoms with van der Waals surface area (Å²) >= 11 is 3.29. The molecule has 0 bridgehead atoms. The van der Waals surface area contributed by atoms with Crippen molar-refractivity contribution in [2.45, 2.75) is 11.8 Å². The summed E-state index contributed by atoms with van der Waals surface area (Å²) < 4.78 is 24.7. The second kappa shape index (κ2) is 10.5. The zero-order chi connectivity index (χ0) is 22.5. The van der Waals surface area contributed by atoms with Crippen molar-refractivity contribution in [2.24, 2.45) is 0 Å². The van der Waals surface area contributed by atoms with Gasteiger partial charge in [-0.3, -0.25) is 14.9 Å². The van der Waals surface area contributed by atoms with Crippen molar-refractivity contribution >= 4 is 43.0 Å². The molecule has 0 aliphatic carbocycles. The maximum Gasteiger partial charge on any atom is 0.283 e. The fourth-order valence-electron chi connectivity index (χ4n) is 3.44. The largest absolute Gasteiger partial charge is 0.395 e. The number of carbonyl (C=O) groups excluding carboxylic acids is 1. The fourth-order valence-corrected chi connectivity index (χ4v) is 4.76. The van der Waals surface area contributed by atoms with Crippen molar-refractivity contribution in [1.29, 1.82) is 0 Å². The third-order valence-corrected chi connectivity index (χ3v) is 6.56. The van der Waals surface area contributed by atoms with Gasteiger partial charge in [0.05, 0.1) is 22.1 Å². The third kappa shape index (κ3) is 5.68. The van der Waals surface area contributed by atoms with Crippen LogP contribution in [-0.2, 0) is 9.84 Å². The van der Waals surface area contributed by atoms with E-state index in [0.29, 0.717) is 38.1 Å². The maximum absolute atomic E-state index is 13.1. The van der Waals surface area contributed by atoms with Crippen LogP contribution in [-0.4, -0.2) is 98.2 Å². The number of aliphatic hydroxyl groups is 1. The van der Waals surface area contributed by atoms with Crippen molar-refractivity contribution in [1.82, 2.24) is 9.80 Å². The average molecular weight is 507 g/mol. The summed E-state index contributed by atoms with van der Waals surface area (Å²) in [5, 5.41) is 21.6. The van der Waals surface area contributed by atoms with Crippen LogP contribution in [0.4, 0.5) is 11.4 Å². The number of halogens is 1. The monoisotopic (exact) mass is 506 g/mol. The van der Waals surface area contributed by atoms with Gasteiger partial charge in [-0.1, -0.05) is 22.9 Å². The SMILES string of the molecule is CCN1CCN(C(=O)c2cc(N(CCO)CCBr)c(S(C)(=O)=O)cc2[N+](=O)[O-])CC1. The second-order valence-corrected chi connectivity index (χ2v) is 9.77. The molecule has 0 aromatic heterocycles. The molecule has 0 unspecified atom stereocenters. The number of alkyl halides is 1. The Morgan fingerprint density at radius 3 is 2.37 bits per heavy atom. The average Bonchev–Trinajstić information content (AvgIpc) is 2.71. The Kier molecular flexibility index (Phi) is 8.59. The Hall–Kier alpha value is -1.76. The molecule has 0 saturated carbocycles. The first kappa shape index (κ1) is 24.5.